The number of hydrogen-bond donors (Lipinski definition) is 1. The largest absolute Gasteiger partial charge is 0.335 e. The third kappa shape index (κ3) is 3.76. The molecule has 2 aromatic heterocycles. The average molecular weight is 378 g/mol. The van der Waals surface area contributed by atoms with Crippen LogP contribution in [0.5, 0.6) is 0 Å². The molecule has 0 bridgehead atoms. The summed E-state index contributed by atoms with van der Waals surface area (Å²) in [5.74, 6) is 0.218. The van der Waals surface area contributed by atoms with E-state index < -0.39 is 15.1 Å². The average Bonchev–Trinajstić information content (AvgIpc) is 2.87. The van der Waals surface area contributed by atoms with Crippen molar-refractivity contribution in [3.8, 4) is 0 Å². The number of hydrogen-bond acceptors (Lipinski definition) is 6. The zero-order chi connectivity index (χ0) is 17.4. The molecule has 0 atom stereocenters. The summed E-state index contributed by atoms with van der Waals surface area (Å²) in [6, 6.07) is -0.00359. The first-order valence-electron chi connectivity index (χ1n) is 6.91. The Morgan fingerprint density at radius 1 is 1.22 bits per heavy atom. The topological polar surface area (TPSA) is 89.8 Å². The molecule has 0 unspecified atom stereocenters. The predicted octanol–water partition coefficient (Wildman–Crippen LogP) is 3.49. The molecule has 0 aliphatic carbocycles. The van der Waals surface area contributed by atoms with Gasteiger partial charge in [0.05, 0.1) is 23.3 Å². The summed E-state index contributed by atoms with van der Waals surface area (Å²) in [6.45, 7) is 7.00. The molecule has 0 spiro atoms. The van der Waals surface area contributed by atoms with Gasteiger partial charge in [0, 0.05) is 6.04 Å². The Labute approximate surface area is 145 Å². The third-order valence-corrected chi connectivity index (χ3v) is 5.63. The maximum Gasteiger partial charge on any atom is 0.224 e. The van der Waals surface area contributed by atoms with Crippen molar-refractivity contribution >= 4 is 44.5 Å². The summed E-state index contributed by atoms with van der Waals surface area (Å²) in [5, 5.41) is 6.65. The van der Waals surface area contributed by atoms with Gasteiger partial charge in [0.2, 0.25) is 20.1 Å². The van der Waals surface area contributed by atoms with E-state index in [1.807, 2.05) is 13.8 Å². The Hall–Kier alpha value is -1.38. The first kappa shape index (κ1) is 18.0. The molecular formula is C13H17Cl2N5O2S. The molecule has 0 radical (unpaired) electrons. The smallest absolute Gasteiger partial charge is 0.224 e. The first-order chi connectivity index (χ1) is 10.6. The number of nitrogens with zero attached hydrogens (tertiary/aromatic N) is 4. The first-order valence-corrected chi connectivity index (χ1v) is 9.21. The Bertz CT molecular complexity index is 818. The van der Waals surface area contributed by atoms with Crippen molar-refractivity contribution in [2.75, 3.05) is 5.32 Å². The monoisotopic (exact) mass is 377 g/mol. The molecule has 126 valence electrons. The number of halogens is 2. The standard InChI is InChI=1S/C13H17Cl2N5O2S/c1-7(2)20-6-10(12(19-20)23(21,22)8(3)4)17-11-9(14)5-16-13(15)18-11/h5-8H,1-4H3,(H,16,17,18). The van der Waals surface area contributed by atoms with E-state index in [1.54, 1.807) is 24.7 Å². The molecule has 0 saturated carbocycles. The van der Waals surface area contributed by atoms with Crippen LogP contribution in [0, 0.1) is 0 Å². The van der Waals surface area contributed by atoms with E-state index in [1.165, 1.54) is 6.20 Å². The molecule has 23 heavy (non-hydrogen) atoms. The molecule has 0 aromatic carbocycles. The van der Waals surface area contributed by atoms with Crippen LogP contribution in [0.3, 0.4) is 0 Å². The summed E-state index contributed by atoms with van der Waals surface area (Å²) in [5.41, 5.74) is 0.295. The van der Waals surface area contributed by atoms with Crippen LogP contribution in [-0.4, -0.2) is 33.4 Å². The van der Waals surface area contributed by atoms with E-state index in [0.29, 0.717) is 5.69 Å². The molecule has 1 N–H and O–H groups in total. The van der Waals surface area contributed by atoms with Gasteiger partial charge in [-0.1, -0.05) is 11.6 Å². The summed E-state index contributed by atoms with van der Waals surface area (Å²) in [4.78, 5) is 7.73. The molecule has 2 aromatic rings. The van der Waals surface area contributed by atoms with E-state index in [-0.39, 0.29) is 27.2 Å². The lowest BCUT2D eigenvalue weighted by Crippen LogP contribution is -2.16. The van der Waals surface area contributed by atoms with Crippen LogP contribution in [0.15, 0.2) is 17.4 Å². The Kier molecular flexibility index (Phi) is 5.17. The van der Waals surface area contributed by atoms with Crippen LogP contribution in [0.25, 0.3) is 0 Å². The van der Waals surface area contributed by atoms with Gasteiger partial charge in [-0.05, 0) is 39.3 Å². The van der Waals surface area contributed by atoms with E-state index in [2.05, 4.69) is 20.4 Å². The van der Waals surface area contributed by atoms with E-state index >= 15 is 0 Å². The van der Waals surface area contributed by atoms with Gasteiger partial charge in [-0.2, -0.15) is 10.1 Å². The van der Waals surface area contributed by atoms with Crippen molar-refractivity contribution in [1.29, 1.82) is 0 Å². The number of nitrogens with one attached hydrogen (secondary N) is 1. The summed E-state index contributed by atoms with van der Waals surface area (Å²) < 4.78 is 26.6. The lowest BCUT2D eigenvalue weighted by Gasteiger charge is -2.09. The van der Waals surface area contributed by atoms with E-state index in [0.717, 1.165) is 0 Å². The summed E-state index contributed by atoms with van der Waals surface area (Å²) in [7, 11) is -3.58. The minimum atomic E-state index is -3.58. The summed E-state index contributed by atoms with van der Waals surface area (Å²) in [6.07, 6.45) is 2.94. The SMILES string of the molecule is CC(C)n1cc(Nc2nc(Cl)ncc2Cl)c(S(=O)(=O)C(C)C)n1. The van der Waals surface area contributed by atoms with Crippen molar-refractivity contribution in [2.45, 2.75) is 44.0 Å². The third-order valence-electron chi connectivity index (χ3n) is 3.09. The predicted molar refractivity (Wildman–Crippen MR) is 90.3 cm³/mol. The second-order valence-corrected chi connectivity index (χ2v) is 8.64. The van der Waals surface area contributed by atoms with Gasteiger partial charge in [-0.3, -0.25) is 4.68 Å². The van der Waals surface area contributed by atoms with E-state index in [4.69, 9.17) is 23.2 Å². The van der Waals surface area contributed by atoms with Crippen LogP contribution in [0.2, 0.25) is 10.3 Å². The van der Waals surface area contributed by atoms with Gasteiger partial charge in [0.15, 0.2) is 5.82 Å². The molecule has 10 heteroatoms. The highest BCUT2D eigenvalue weighted by atomic mass is 35.5. The fraction of sp³-hybridized carbons (Fsp3) is 0.462. The van der Waals surface area contributed by atoms with Gasteiger partial charge in [-0.15, -0.1) is 0 Å². The van der Waals surface area contributed by atoms with Crippen LogP contribution in [-0.2, 0) is 9.84 Å². The van der Waals surface area contributed by atoms with Gasteiger partial charge in [-0.25, -0.2) is 13.4 Å². The number of aromatic nitrogens is 4. The quantitative estimate of drug-likeness (QED) is 0.801. The van der Waals surface area contributed by atoms with Crippen molar-refractivity contribution in [3.63, 3.8) is 0 Å². The van der Waals surface area contributed by atoms with Gasteiger partial charge < -0.3 is 5.32 Å². The molecule has 0 amide bonds. The Morgan fingerprint density at radius 3 is 2.43 bits per heavy atom. The zero-order valence-corrected chi connectivity index (χ0v) is 15.4. The second-order valence-electron chi connectivity index (χ2n) is 5.48. The number of rotatable bonds is 5. The highest BCUT2D eigenvalue weighted by Gasteiger charge is 2.28. The molecule has 0 saturated heterocycles. The molecule has 2 heterocycles. The lowest BCUT2D eigenvalue weighted by atomic mass is 10.4. The summed E-state index contributed by atoms with van der Waals surface area (Å²) >= 11 is 11.8. The van der Waals surface area contributed by atoms with Crippen molar-refractivity contribution < 1.29 is 8.42 Å². The fourth-order valence-corrected chi connectivity index (χ4v) is 3.06. The number of sulfone groups is 1. The normalized spacial score (nSPS) is 12.2. The second kappa shape index (κ2) is 6.62. The molecule has 7 nitrogen and oxygen atoms in total. The van der Waals surface area contributed by atoms with Crippen molar-refractivity contribution in [3.05, 3.63) is 22.7 Å². The minimum absolute atomic E-state index is 0.00131. The van der Waals surface area contributed by atoms with Crippen LogP contribution in [0.1, 0.15) is 33.7 Å². The molecule has 0 fully saturated rings. The number of anilines is 2. The fourth-order valence-electron chi connectivity index (χ4n) is 1.72. The van der Waals surface area contributed by atoms with Crippen LogP contribution in [0.4, 0.5) is 11.5 Å². The zero-order valence-electron chi connectivity index (χ0n) is 13.1. The van der Waals surface area contributed by atoms with E-state index in [9.17, 15) is 8.42 Å². The van der Waals surface area contributed by atoms with Gasteiger partial charge >= 0.3 is 0 Å². The minimum Gasteiger partial charge on any atom is -0.335 e. The maximum atomic E-state index is 12.5. The van der Waals surface area contributed by atoms with Crippen molar-refractivity contribution in [1.82, 2.24) is 19.7 Å². The highest BCUT2D eigenvalue weighted by Crippen LogP contribution is 2.30. The maximum absolute atomic E-state index is 12.5. The Balaban J connectivity index is 2.55. The van der Waals surface area contributed by atoms with Crippen LogP contribution >= 0.6 is 23.2 Å². The lowest BCUT2D eigenvalue weighted by molar-refractivity contribution is 0.515. The molecular weight excluding hydrogens is 361 g/mol. The Morgan fingerprint density at radius 2 is 1.87 bits per heavy atom. The molecule has 0 aliphatic rings. The molecule has 0 aliphatic heterocycles. The van der Waals surface area contributed by atoms with Crippen LogP contribution < -0.4 is 5.32 Å². The van der Waals surface area contributed by atoms with Crippen molar-refractivity contribution in [2.24, 2.45) is 0 Å². The van der Waals surface area contributed by atoms with Gasteiger partial charge in [0.1, 0.15) is 5.02 Å². The van der Waals surface area contributed by atoms with Gasteiger partial charge in [0.25, 0.3) is 0 Å². The molecule has 2 rings (SSSR count). The highest BCUT2D eigenvalue weighted by molar-refractivity contribution is 7.92.